The molecule has 0 saturated carbocycles. The first kappa shape index (κ1) is 10.6. The second-order valence-corrected chi connectivity index (χ2v) is 4.40. The number of anilines is 2. The van der Waals surface area contributed by atoms with E-state index in [1.807, 2.05) is 0 Å². The molecule has 0 radical (unpaired) electrons. The molecule has 0 amide bonds. The number of hydrogen-bond donors (Lipinski definition) is 1. The van der Waals surface area contributed by atoms with E-state index in [2.05, 4.69) is 24.1 Å². The molecule has 1 aliphatic rings. The summed E-state index contributed by atoms with van der Waals surface area (Å²) in [4.78, 5) is 2.17. The topological polar surface area (TPSA) is 15.3 Å². The summed E-state index contributed by atoms with van der Waals surface area (Å²) in [6.45, 7) is 5.96. The van der Waals surface area contributed by atoms with Crippen LogP contribution in [0.15, 0.2) is 12.1 Å². The number of nitrogens with zero attached hydrogens (tertiary/aromatic N) is 1. The predicted octanol–water partition coefficient (Wildman–Crippen LogP) is 3.12. The molecule has 1 aliphatic heterocycles. The quantitative estimate of drug-likeness (QED) is 0.795. The van der Waals surface area contributed by atoms with Gasteiger partial charge in [-0.05, 0) is 19.9 Å². The fourth-order valence-corrected chi connectivity index (χ4v) is 2.05. The zero-order valence-corrected chi connectivity index (χ0v) is 9.61. The summed E-state index contributed by atoms with van der Waals surface area (Å²) >= 11 is 5.74. The number of halogens is 2. The summed E-state index contributed by atoms with van der Waals surface area (Å²) in [5.74, 6) is -0.357. The number of nitrogens with one attached hydrogen (secondary N) is 1. The maximum Gasteiger partial charge on any atom is 0.144 e. The fraction of sp³-hybridized carbons (Fsp3) is 0.455. The third-order valence-corrected chi connectivity index (χ3v) is 2.93. The van der Waals surface area contributed by atoms with E-state index >= 15 is 0 Å². The van der Waals surface area contributed by atoms with Crippen LogP contribution < -0.4 is 10.2 Å². The third kappa shape index (κ3) is 1.88. The first-order valence-electron chi connectivity index (χ1n) is 5.09. The van der Waals surface area contributed by atoms with E-state index in [9.17, 15) is 4.39 Å². The van der Waals surface area contributed by atoms with Crippen LogP contribution in [-0.4, -0.2) is 19.1 Å². The number of fused-ring (bicyclic) bond motifs is 1. The van der Waals surface area contributed by atoms with Crippen LogP contribution in [0, 0.1) is 5.82 Å². The lowest BCUT2D eigenvalue weighted by Gasteiger charge is -2.35. The Hall–Kier alpha value is -0.960. The van der Waals surface area contributed by atoms with Gasteiger partial charge in [0.15, 0.2) is 0 Å². The molecule has 1 aromatic carbocycles. The Bertz CT molecular complexity index is 379. The average Bonchev–Trinajstić information content (AvgIpc) is 2.18. The Balaban J connectivity index is 2.47. The van der Waals surface area contributed by atoms with Crippen molar-refractivity contribution in [2.45, 2.75) is 19.9 Å². The van der Waals surface area contributed by atoms with Gasteiger partial charge in [-0.15, -0.1) is 0 Å². The molecular formula is C11H14ClFN2. The molecule has 1 heterocycles. The Morgan fingerprint density at radius 3 is 2.87 bits per heavy atom. The fourth-order valence-electron chi connectivity index (χ4n) is 1.88. The normalized spacial score (nSPS) is 15.1. The maximum absolute atomic E-state index is 13.4. The van der Waals surface area contributed by atoms with Crippen LogP contribution in [0.1, 0.15) is 13.8 Å². The first-order valence-corrected chi connectivity index (χ1v) is 5.47. The molecule has 4 heteroatoms. The summed E-state index contributed by atoms with van der Waals surface area (Å²) in [6, 6.07) is 3.52. The number of benzene rings is 1. The van der Waals surface area contributed by atoms with E-state index < -0.39 is 0 Å². The Kier molecular flexibility index (Phi) is 2.74. The van der Waals surface area contributed by atoms with Crippen molar-refractivity contribution in [3.05, 3.63) is 23.0 Å². The minimum atomic E-state index is -0.357. The van der Waals surface area contributed by atoms with Gasteiger partial charge < -0.3 is 10.2 Å². The Morgan fingerprint density at radius 2 is 2.20 bits per heavy atom. The average molecular weight is 229 g/mol. The predicted molar refractivity (Wildman–Crippen MR) is 62.4 cm³/mol. The Morgan fingerprint density at radius 1 is 1.47 bits per heavy atom. The van der Waals surface area contributed by atoms with Gasteiger partial charge in [-0.3, -0.25) is 0 Å². The van der Waals surface area contributed by atoms with Crippen molar-refractivity contribution in [2.24, 2.45) is 0 Å². The lowest BCUT2D eigenvalue weighted by molar-refractivity contribution is 0.621. The van der Waals surface area contributed by atoms with Crippen LogP contribution in [0.4, 0.5) is 15.8 Å². The van der Waals surface area contributed by atoms with Gasteiger partial charge in [0.2, 0.25) is 0 Å². The summed E-state index contributed by atoms with van der Waals surface area (Å²) in [6.07, 6.45) is 0. The standard InChI is InChI=1S/C11H14ClFN2/c1-7(2)15-4-3-14-10-5-8(12)9(13)6-11(10)15/h5-7,14H,3-4H2,1-2H3. The Labute approximate surface area is 94.0 Å². The molecule has 15 heavy (non-hydrogen) atoms. The molecule has 0 spiro atoms. The van der Waals surface area contributed by atoms with Gasteiger partial charge >= 0.3 is 0 Å². The molecule has 1 aromatic rings. The minimum Gasteiger partial charge on any atom is -0.382 e. The molecule has 2 nitrogen and oxygen atoms in total. The van der Waals surface area contributed by atoms with Crippen molar-refractivity contribution in [1.82, 2.24) is 0 Å². The van der Waals surface area contributed by atoms with Gasteiger partial charge in [0.1, 0.15) is 5.82 Å². The maximum atomic E-state index is 13.4. The van der Waals surface area contributed by atoms with Crippen molar-refractivity contribution in [2.75, 3.05) is 23.3 Å². The van der Waals surface area contributed by atoms with E-state index in [0.717, 1.165) is 24.5 Å². The summed E-state index contributed by atoms with van der Waals surface area (Å²) in [5, 5.41) is 3.40. The van der Waals surface area contributed by atoms with Gasteiger partial charge in [0.25, 0.3) is 0 Å². The van der Waals surface area contributed by atoms with E-state index in [1.165, 1.54) is 6.07 Å². The molecular weight excluding hydrogens is 215 g/mol. The smallest absolute Gasteiger partial charge is 0.144 e. The lowest BCUT2D eigenvalue weighted by Crippen LogP contribution is -2.38. The van der Waals surface area contributed by atoms with E-state index in [1.54, 1.807) is 6.07 Å². The molecule has 0 aliphatic carbocycles. The van der Waals surface area contributed by atoms with Crippen molar-refractivity contribution in [1.29, 1.82) is 0 Å². The highest BCUT2D eigenvalue weighted by Crippen LogP contribution is 2.34. The third-order valence-electron chi connectivity index (χ3n) is 2.64. The van der Waals surface area contributed by atoms with Gasteiger partial charge in [-0.1, -0.05) is 11.6 Å². The first-order chi connectivity index (χ1) is 7.09. The van der Waals surface area contributed by atoms with Crippen molar-refractivity contribution in [3.8, 4) is 0 Å². The SMILES string of the molecule is CC(C)N1CCNc2cc(Cl)c(F)cc21. The molecule has 0 atom stereocenters. The van der Waals surface area contributed by atoms with E-state index in [-0.39, 0.29) is 10.8 Å². The summed E-state index contributed by atoms with van der Waals surface area (Å²) in [5.41, 5.74) is 1.82. The van der Waals surface area contributed by atoms with E-state index in [0.29, 0.717) is 6.04 Å². The van der Waals surface area contributed by atoms with Crippen molar-refractivity contribution >= 4 is 23.0 Å². The minimum absolute atomic E-state index is 0.173. The van der Waals surface area contributed by atoms with Gasteiger partial charge in [0.05, 0.1) is 16.4 Å². The van der Waals surface area contributed by atoms with Crippen molar-refractivity contribution in [3.63, 3.8) is 0 Å². The lowest BCUT2D eigenvalue weighted by atomic mass is 10.1. The van der Waals surface area contributed by atoms with Crippen LogP contribution in [-0.2, 0) is 0 Å². The molecule has 0 saturated heterocycles. The van der Waals surface area contributed by atoms with Gasteiger partial charge in [-0.25, -0.2) is 4.39 Å². The monoisotopic (exact) mass is 228 g/mol. The summed E-state index contributed by atoms with van der Waals surface area (Å²) < 4.78 is 13.4. The molecule has 0 aromatic heterocycles. The highest BCUT2D eigenvalue weighted by molar-refractivity contribution is 6.31. The van der Waals surface area contributed by atoms with Crippen LogP contribution in [0.5, 0.6) is 0 Å². The highest BCUT2D eigenvalue weighted by atomic mass is 35.5. The molecule has 2 rings (SSSR count). The molecule has 82 valence electrons. The molecule has 0 fully saturated rings. The number of hydrogen-bond acceptors (Lipinski definition) is 2. The van der Waals surface area contributed by atoms with Crippen LogP contribution in [0.2, 0.25) is 5.02 Å². The van der Waals surface area contributed by atoms with Crippen LogP contribution in [0.25, 0.3) is 0 Å². The second-order valence-electron chi connectivity index (χ2n) is 4.00. The molecule has 0 unspecified atom stereocenters. The highest BCUT2D eigenvalue weighted by Gasteiger charge is 2.20. The van der Waals surface area contributed by atoms with Crippen LogP contribution in [0.3, 0.4) is 0 Å². The zero-order chi connectivity index (χ0) is 11.0. The number of rotatable bonds is 1. The van der Waals surface area contributed by atoms with Gasteiger partial charge in [0, 0.05) is 25.2 Å². The van der Waals surface area contributed by atoms with E-state index in [4.69, 9.17) is 11.6 Å². The molecule has 1 N–H and O–H groups in total. The zero-order valence-electron chi connectivity index (χ0n) is 8.85. The van der Waals surface area contributed by atoms with Gasteiger partial charge in [-0.2, -0.15) is 0 Å². The summed E-state index contributed by atoms with van der Waals surface area (Å²) in [7, 11) is 0. The van der Waals surface area contributed by atoms with Crippen LogP contribution >= 0.6 is 11.6 Å². The largest absolute Gasteiger partial charge is 0.382 e. The molecule has 0 bridgehead atoms. The second kappa shape index (κ2) is 3.89. The van der Waals surface area contributed by atoms with Crippen molar-refractivity contribution < 1.29 is 4.39 Å².